The fraction of sp³-hybridized carbons (Fsp3) is 0.909. The maximum absolute atomic E-state index is 11.6. The number of sulfonamides is 1. The molecule has 1 aliphatic carbocycles. The molecule has 1 rings (SSSR count). The molecule has 0 unspecified atom stereocenters. The largest absolute Gasteiger partial charge is 0.356 e. The minimum Gasteiger partial charge on any atom is -0.356 e. The summed E-state index contributed by atoms with van der Waals surface area (Å²) in [6.45, 7) is 0.810. The second-order valence-corrected chi connectivity index (χ2v) is 6.95. The zero-order chi connectivity index (χ0) is 13.6. The van der Waals surface area contributed by atoms with Gasteiger partial charge in [-0.2, -0.15) is 0 Å². The van der Waals surface area contributed by atoms with Gasteiger partial charge < -0.3 is 11.1 Å². The Balaban J connectivity index is 2.10. The number of hydrogen-bond donors (Lipinski definition) is 3. The van der Waals surface area contributed by atoms with Gasteiger partial charge in [-0.3, -0.25) is 4.79 Å². The first-order chi connectivity index (χ1) is 8.31. The monoisotopic (exact) mass is 277 g/mol. The Hall–Kier alpha value is -0.660. The number of hydrogen-bond acceptors (Lipinski definition) is 4. The average molecular weight is 277 g/mol. The van der Waals surface area contributed by atoms with E-state index in [0.717, 1.165) is 31.9 Å². The van der Waals surface area contributed by atoms with Gasteiger partial charge in [0.15, 0.2) is 0 Å². The van der Waals surface area contributed by atoms with Gasteiger partial charge in [0.2, 0.25) is 15.9 Å². The van der Waals surface area contributed by atoms with Gasteiger partial charge in [0, 0.05) is 25.0 Å². The maximum Gasteiger partial charge on any atom is 0.221 e. The Morgan fingerprint density at radius 1 is 1.28 bits per heavy atom. The van der Waals surface area contributed by atoms with Crippen molar-refractivity contribution in [3.05, 3.63) is 0 Å². The van der Waals surface area contributed by atoms with Gasteiger partial charge in [-0.15, -0.1) is 0 Å². The Morgan fingerprint density at radius 2 is 1.89 bits per heavy atom. The minimum atomic E-state index is -3.14. The van der Waals surface area contributed by atoms with E-state index < -0.39 is 10.0 Å². The van der Waals surface area contributed by atoms with Gasteiger partial charge in [-0.1, -0.05) is 12.8 Å². The lowest BCUT2D eigenvalue weighted by atomic mass is 9.94. The van der Waals surface area contributed by atoms with Crippen molar-refractivity contribution in [1.82, 2.24) is 10.0 Å². The summed E-state index contributed by atoms with van der Waals surface area (Å²) in [7, 11) is -3.14. The average Bonchev–Trinajstić information content (AvgIpc) is 2.62. The van der Waals surface area contributed by atoms with Crippen LogP contribution in [0.15, 0.2) is 0 Å². The number of nitrogens with one attached hydrogen (secondary N) is 2. The lowest BCUT2D eigenvalue weighted by Gasteiger charge is -2.22. The minimum absolute atomic E-state index is 0.0428. The smallest absolute Gasteiger partial charge is 0.221 e. The van der Waals surface area contributed by atoms with Crippen LogP contribution < -0.4 is 15.8 Å². The molecule has 1 amide bonds. The van der Waals surface area contributed by atoms with Crippen LogP contribution in [0.3, 0.4) is 0 Å². The Bertz CT molecular complexity index is 375. The summed E-state index contributed by atoms with van der Waals surface area (Å²) in [6, 6.07) is 0. The third-order valence-corrected chi connectivity index (χ3v) is 3.88. The number of carbonyl (C=O) groups is 1. The summed E-state index contributed by atoms with van der Waals surface area (Å²) in [4.78, 5) is 11.6. The number of carbonyl (C=O) groups excluding carboxylic acids is 1. The number of amides is 1. The van der Waals surface area contributed by atoms with Gasteiger partial charge in [-0.05, 0) is 19.3 Å². The van der Waals surface area contributed by atoms with E-state index in [9.17, 15) is 13.2 Å². The van der Waals surface area contributed by atoms with E-state index in [1.165, 1.54) is 0 Å². The lowest BCUT2D eigenvalue weighted by Crippen LogP contribution is -2.42. The first-order valence-corrected chi connectivity index (χ1v) is 8.20. The van der Waals surface area contributed by atoms with Gasteiger partial charge in [0.1, 0.15) is 0 Å². The first-order valence-electron chi connectivity index (χ1n) is 6.31. The molecule has 4 N–H and O–H groups in total. The summed E-state index contributed by atoms with van der Waals surface area (Å²) in [6.07, 6.45) is 6.09. The van der Waals surface area contributed by atoms with E-state index in [4.69, 9.17) is 5.73 Å². The quantitative estimate of drug-likeness (QED) is 0.556. The van der Waals surface area contributed by atoms with Crippen LogP contribution in [-0.2, 0) is 14.8 Å². The second-order valence-electron chi connectivity index (χ2n) is 5.12. The highest BCUT2D eigenvalue weighted by atomic mass is 32.2. The van der Waals surface area contributed by atoms with E-state index in [1.54, 1.807) is 0 Å². The maximum atomic E-state index is 11.6. The predicted octanol–water partition coefficient (Wildman–Crippen LogP) is -0.296. The molecule has 0 bridgehead atoms. The van der Waals surface area contributed by atoms with E-state index in [1.807, 2.05) is 0 Å². The van der Waals surface area contributed by atoms with Crippen LogP contribution in [0.25, 0.3) is 0 Å². The van der Waals surface area contributed by atoms with Crippen molar-refractivity contribution in [2.45, 2.75) is 44.1 Å². The van der Waals surface area contributed by atoms with Crippen LogP contribution in [0.5, 0.6) is 0 Å². The molecular weight excluding hydrogens is 254 g/mol. The van der Waals surface area contributed by atoms with Gasteiger partial charge in [-0.25, -0.2) is 13.1 Å². The van der Waals surface area contributed by atoms with Crippen LogP contribution in [0.1, 0.15) is 38.5 Å². The standard InChI is InChI=1S/C11H23N3O3S/c1-18(16,17)14-8-4-7-13-10(15)9-11(12)5-2-3-6-11/h14H,2-9,12H2,1H3,(H,13,15). The highest BCUT2D eigenvalue weighted by Gasteiger charge is 2.31. The molecule has 6 nitrogen and oxygen atoms in total. The molecule has 0 radical (unpaired) electrons. The molecule has 1 saturated carbocycles. The molecule has 0 aromatic rings. The van der Waals surface area contributed by atoms with Crippen LogP contribution >= 0.6 is 0 Å². The van der Waals surface area contributed by atoms with Crippen molar-refractivity contribution in [3.8, 4) is 0 Å². The molecule has 106 valence electrons. The lowest BCUT2D eigenvalue weighted by molar-refractivity contribution is -0.122. The van der Waals surface area contributed by atoms with Crippen LogP contribution in [0.4, 0.5) is 0 Å². The zero-order valence-electron chi connectivity index (χ0n) is 10.9. The number of rotatable bonds is 7. The summed E-state index contributed by atoms with van der Waals surface area (Å²) in [5, 5.41) is 2.77. The molecule has 0 spiro atoms. The van der Waals surface area contributed by atoms with Crippen molar-refractivity contribution in [3.63, 3.8) is 0 Å². The topological polar surface area (TPSA) is 101 Å². The van der Waals surface area contributed by atoms with E-state index >= 15 is 0 Å². The normalized spacial score (nSPS) is 18.8. The molecule has 0 aliphatic heterocycles. The third-order valence-electron chi connectivity index (χ3n) is 3.15. The Morgan fingerprint density at radius 3 is 2.44 bits per heavy atom. The van der Waals surface area contributed by atoms with E-state index in [0.29, 0.717) is 25.9 Å². The predicted molar refractivity (Wildman–Crippen MR) is 70.5 cm³/mol. The van der Waals surface area contributed by atoms with Gasteiger partial charge in [0.25, 0.3) is 0 Å². The number of nitrogens with two attached hydrogens (primary N) is 1. The van der Waals surface area contributed by atoms with E-state index in [2.05, 4.69) is 10.0 Å². The fourth-order valence-corrected chi connectivity index (χ4v) is 2.73. The molecule has 18 heavy (non-hydrogen) atoms. The summed E-state index contributed by atoms with van der Waals surface area (Å²) in [5.74, 6) is -0.0428. The molecule has 1 aliphatic rings. The highest BCUT2D eigenvalue weighted by Crippen LogP contribution is 2.29. The van der Waals surface area contributed by atoms with Crippen LogP contribution in [-0.4, -0.2) is 39.2 Å². The SMILES string of the molecule is CS(=O)(=O)NCCCNC(=O)CC1(N)CCCC1. The molecule has 0 aromatic heterocycles. The Kier molecular flexibility index (Phi) is 5.55. The van der Waals surface area contributed by atoms with Gasteiger partial charge >= 0.3 is 0 Å². The molecular formula is C11H23N3O3S. The zero-order valence-corrected chi connectivity index (χ0v) is 11.7. The highest BCUT2D eigenvalue weighted by molar-refractivity contribution is 7.88. The van der Waals surface area contributed by atoms with Crippen molar-refractivity contribution in [2.24, 2.45) is 5.73 Å². The second kappa shape index (κ2) is 6.49. The molecule has 1 fully saturated rings. The molecule has 0 aromatic carbocycles. The van der Waals surface area contributed by atoms with E-state index in [-0.39, 0.29) is 11.4 Å². The third kappa shape index (κ3) is 6.32. The first kappa shape index (κ1) is 15.4. The summed E-state index contributed by atoms with van der Waals surface area (Å²) >= 11 is 0. The van der Waals surface area contributed by atoms with Gasteiger partial charge in [0.05, 0.1) is 6.26 Å². The van der Waals surface area contributed by atoms with Crippen molar-refractivity contribution in [1.29, 1.82) is 0 Å². The van der Waals surface area contributed by atoms with Crippen molar-refractivity contribution >= 4 is 15.9 Å². The molecule has 0 saturated heterocycles. The van der Waals surface area contributed by atoms with Crippen LogP contribution in [0.2, 0.25) is 0 Å². The van der Waals surface area contributed by atoms with Crippen LogP contribution in [0, 0.1) is 0 Å². The Labute approximate surface area is 109 Å². The summed E-state index contributed by atoms with van der Waals surface area (Å²) in [5.41, 5.74) is 5.77. The molecule has 7 heteroatoms. The van der Waals surface area contributed by atoms with Crippen molar-refractivity contribution in [2.75, 3.05) is 19.3 Å². The molecule has 0 heterocycles. The van der Waals surface area contributed by atoms with Crippen molar-refractivity contribution < 1.29 is 13.2 Å². The molecule has 0 atom stereocenters. The summed E-state index contributed by atoms with van der Waals surface area (Å²) < 4.78 is 23.9. The fourth-order valence-electron chi connectivity index (χ4n) is 2.21.